The molecule has 0 saturated heterocycles. The van der Waals surface area contributed by atoms with Gasteiger partial charge in [-0.2, -0.15) is 8.78 Å². The molecule has 0 heterocycles. The van der Waals surface area contributed by atoms with Crippen molar-refractivity contribution in [3.05, 3.63) is 83.4 Å². The summed E-state index contributed by atoms with van der Waals surface area (Å²) in [5.74, 6) is -0.280. The van der Waals surface area contributed by atoms with Gasteiger partial charge in [-0.25, -0.2) is 8.42 Å². The molecule has 180 valence electrons. The molecule has 0 aliphatic heterocycles. The smallest absolute Gasteiger partial charge is 0.387 e. The zero-order valence-electron chi connectivity index (χ0n) is 18.5. The van der Waals surface area contributed by atoms with Gasteiger partial charge in [-0.05, 0) is 67.4 Å². The summed E-state index contributed by atoms with van der Waals surface area (Å²) in [4.78, 5) is 12.4. The van der Waals surface area contributed by atoms with E-state index in [1.807, 2.05) is 6.92 Å². The van der Waals surface area contributed by atoms with E-state index in [0.717, 1.165) is 11.1 Å². The van der Waals surface area contributed by atoms with E-state index >= 15 is 0 Å². The van der Waals surface area contributed by atoms with Crippen LogP contribution in [0.4, 0.5) is 14.5 Å². The molecule has 0 bridgehead atoms. The van der Waals surface area contributed by atoms with Crippen LogP contribution in [-0.4, -0.2) is 34.6 Å². The molecular weight excluding hydrogens is 466 g/mol. The van der Waals surface area contributed by atoms with Crippen LogP contribution in [0.5, 0.6) is 11.5 Å². The normalized spacial score (nSPS) is 11.2. The summed E-state index contributed by atoms with van der Waals surface area (Å²) in [5, 5.41) is 2.74. The van der Waals surface area contributed by atoms with Gasteiger partial charge in [0.2, 0.25) is 0 Å². The minimum atomic E-state index is -3.79. The van der Waals surface area contributed by atoms with Gasteiger partial charge >= 0.3 is 6.61 Å². The Labute approximate surface area is 196 Å². The predicted octanol–water partition coefficient (Wildman–Crippen LogP) is 4.38. The Hall–Kier alpha value is -3.66. The number of amides is 1. The summed E-state index contributed by atoms with van der Waals surface area (Å²) in [6.45, 7) is -0.786. The fourth-order valence-corrected chi connectivity index (χ4v) is 4.16. The van der Waals surface area contributed by atoms with E-state index in [-0.39, 0.29) is 28.8 Å². The average molecular weight is 491 g/mol. The maximum atomic E-state index is 12.6. The molecule has 0 unspecified atom stereocenters. The molecule has 0 aromatic heterocycles. The third-order valence-corrected chi connectivity index (χ3v) is 6.27. The molecule has 34 heavy (non-hydrogen) atoms. The minimum Gasteiger partial charge on any atom is -0.493 e. The van der Waals surface area contributed by atoms with Crippen molar-refractivity contribution >= 4 is 21.6 Å². The third kappa shape index (κ3) is 6.67. The first kappa shape index (κ1) is 25.0. The highest BCUT2D eigenvalue weighted by Crippen LogP contribution is 2.29. The Bertz CT molecular complexity index is 1230. The molecule has 0 saturated carbocycles. The highest BCUT2D eigenvalue weighted by molar-refractivity contribution is 7.92. The molecule has 0 spiro atoms. The van der Waals surface area contributed by atoms with E-state index in [1.165, 1.54) is 37.4 Å². The second-order valence-corrected chi connectivity index (χ2v) is 9.05. The number of rotatable bonds is 10. The van der Waals surface area contributed by atoms with E-state index in [4.69, 9.17) is 4.74 Å². The first-order chi connectivity index (χ1) is 16.2. The summed E-state index contributed by atoms with van der Waals surface area (Å²) in [6, 6.07) is 17.1. The lowest BCUT2D eigenvalue weighted by atomic mass is 10.1. The summed E-state index contributed by atoms with van der Waals surface area (Å²) >= 11 is 0. The number of carbonyl (C=O) groups is 1. The van der Waals surface area contributed by atoms with Crippen molar-refractivity contribution in [2.75, 3.05) is 18.4 Å². The standard InChI is InChI=1S/C24H24F2N2O5S/c1-16-3-8-19(9-4-16)28-34(30,31)20-10-6-18(7-11-20)23(29)27-14-13-17-5-12-21(33-24(25)26)22(15-17)32-2/h3-12,15,24,28H,13-14H2,1-2H3,(H,27,29). The number of hydrogen-bond acceptors (Lipinski definition) is 5. The predicted molar refractivity (Wildman–Crippen MR) is 124 cm³/mol. The topological polar surface area (TPSA) is 93.7 Å². The van der Waals surface area contributed by atoms with Crippen LogP contribution < -0.4 is 19.5 Å². The molecular formula is C24H24F2N2O5S. The molecule has 0 fully saturated rings. The van der Waals surface area contributed by atoms with Crippen molar-refractivity contribution in [2.24, 2.45) is 0 Å². The van der Waals surface area contributed by atoms with Crippen molar-refractivity contribution in [3.63, 3.8) is 0 Å². The Morgan fingerprint density at radius 3 is 2.26 bits per heavy atom. The Kier molecular flexibility index (Phi) is 8.06. The van der Waals surface area contributed by atoms with Gasteiger partial charge in [-0.1, -0.05) is 23.8 Å². The molecule has 0 aliphatic carbocycles. The molecule has 3 rings (SSSR count). The molecule has 0 atom stereocenters. The quantitative estimate of drug-likeness (QED) is 0.440. The van der Waals surface area contributed by atoms with E-state index in [9.17, 15) is 22.0 Å². The second kappa shape index (κ2) is 11.0. The van der Waals surface area contributed by atoms with Crippen LogP contribution in [0.2, 0.25) is 0 Å². The lowest BCUT2D eigenvalue weighted by molar-refractivity contribution is -0.0512. The van der Waals surface area contributed by atoms with Crippen molar-refractivity contribution in [1.82, 2.24) is 5.32 Å². The summed E-state index contributed by atoms with van der Waals surface area (Å²) in [5.41, 5.74) is 2.50. The number of halogens is 2. The molecule has 2 N–H and O–H groups in total. The van der Waals surface area contributed by atoms with Crippen molar-refractivity contribution in [3.8, 4) is 11.5 Å². The number of anilines is 1. The van der Waals surface area contributed by atoms with Gasteiger partial charge in [0.1, 0.15) is 0 Å². The highest BCUT2D eigenvalue weighted by Gasteiger charge is 2.16. The number of nitrogens with one attached hydrogen (secondary N) is 2. The van der Waals surface area contributed by atoms with Crippen LogP contribution in [0.25, 0.3) is 0 Å². The fraction of sp³-hybridized carbons (Fsp3) is 0.208. The Morgan fingerprint density at radius 2 is 1.65 bits per heavy atom. The fourth-order valence-electron chi connectivity index (χ4n) is 3.10. The number of alkyl halides is 2. The van der Waals surface area contributed by atoms with Gasteiger partial charge in [-0.15, -0.1) is 0 Å². The zero-order valence-corrected chi connectivity index (χ0v) is 19.4. The number of methoxy groups -OCH3 is 1. The van der Waals surface area contributed by atoms with Crippen LogP contribution in [0.3, 0.4) is 0 Å². The number of hydrogen-bond donors (Lipinski definition) is 2. The maximum Gasteiger partial charge on any atom is 0.387 e. The Morgan fingerprint density at radius 1 is 0.971 bits per heavy atom. The van der Waals surface area contributed by atoms with Gasteiger partial charge in [0, 0.05) is 17.8 Å². The van der Waals surface area contributed by atoms with Gasteiger partial charge in [0.15, 0.2) is 11.5 Å². The minimum absolute atomic E-state index is 0.0304. The van der Waals surface area contributed by atoms with Crippen LogP contribution in [0.15, 0.2) is 71.6 Å². The van der Waals surface area contributed by atoms with Crippen LogP contribution in [0, 0.1) is 6.92 Å². The largest absolute Gasteiger partial charge is 0.493 e. The molecule has 3 aromatic carbocycles. The Balaban J connectivity index is 1.57. The molecule has 0 aliphatic rings. The molecule has 3 aromatic rings. The van der Waals surface area contributed by atoms with Crippen LogP contribution in [0.1, 0.15) is 21.5 Å². The van der Waals surface area contributed by atoms with Gasteiger partial charge < -0.3 is 14.8 Å². The first-order valence-electron chi connectivity index (χ1n) is 10.3. The lowest BCUT2D eigenvalue weighted by Gasteiger charge is -2.12. The van der Waals surface area contributed by atoms with E-state index in [1.54, 1.807) is 36.4 Å². The molecule has 1 amide bonds. The lowest BCUT2D eigenvalue weighted by Crippen LogP contribution is -2.25. The molecule has 0 radical (unpaired) electrons. The first-order valence-corrected chi connectivity index (χ1v) is 11.8. The molecule has 7 nitrogen and oxygen atoms in total. The zero-order chi connectivity index (χ0) is 24.7. The van der Waals surface area contributed by atoms with Crippen LogP contribution in [-0.2, 0) is 16.4 Å². The number of sulfonamides is 1. The number of benzene rings is 3. The van der Waals surface area contributed by atoms with E-state index in [2.05, 4.69) is 14.8 Å². The monoisotopic (exact) mass is 490 g/mol. The average Bonchev–Trinajstić information content (AvgIpc) is 2.81. The maximum absolute atomic E-state index is 12.6. The summed E-state index contributed by atoms with van der Waals surface area (Å²) in [7, 11) is -2.44. The second-order valence-electron chi connectivity index (χ2n) is 7.37. The van der Waals surface area contributed by atoms with Gasteiger partial charge in [-0.3, -0.25) is 9.52 Å². The van der Waals surface area contributed by atoms with Crippen molar-refractivity contribution in [2.45, 2.75) is 24.9 Å². The molecule has 10 heteroatoms. The highest BCUT2D eigenvalue weighted by atomic mass is 32.2. The van der Waals surface area contributed by atoms with Crippen molar-refractivity contribution in [1.29, 1.82) is 0 Å². The van der Waals surface area contributed by atoms with Gasteiger partial charge in [0.25, 0.3) is 15.9 Å². The van der Waals surface area contributed by atoms with Gasteiger partial charge in [0.05, 0.1) is 12.0 Å². The summed E-state index contributed by atoms with van der Waals surface area (Å²) in [6.07, 6.45) is 0.421. The summed E-state index contributed by atoms with van der Waals surface area (Å²) < 4.78 is 61.9. The van der Waals surface area contributed by atoms with Crippen molar-refractivity contribution < 1.29 is 31.5 Å². The number of ether oxygens (including phenoxy) is 2. The number of aryl methyl sites for hydroxylation is 1. The van der Waals surface area contributed by atoms with Crippen LogP contribution >= 0.6 is 0 Å². The number of carbonyl (C=O) groups excluding carboxylic acids is 1. The third-order valence-electron chi connectivity index (χ3n) is 4.87. The van der Waals surface area contributed by atoms with E-state index < -0.39 is 16.6 Å². The van der Waals surface area contributed by atoms with E-state index in [0.29, 0.717) is 17.7 Å². The SMILES string of the molecule is COc1cc(CCNC(=O)c2ccc(S(=O)(=O)Nc3ccc(C)cc3)cc2)ccc1OC(F)F.